The fourth-order valence-electron chi connectivity index (χ4n) is 1.99. The number of rotatable bonds is 1. The van der Waals surface area contributed by atoms with Gasteiger partial charge in [-0.05, 0) is 6.92 Å². The molecule has 0 atom stereocenters. The number of ether oxygens (including phenoxy) is 2. The van der Waals surface area contributed by atoms with E-state index in [4.69, 9.17) is 9.47 Å². The van der Waals surface area contributed by atoms with Crippen LogP contribution >= 0.6 is 0 Å². The molecular formula is C10H14O4. The van der Waals surface area contributed by atoms with Crippen LogP contribution in [0.1, 0.15) is 26.2 Å². The Hall–Kier alpha value is -0.870. The molecule has 1 N–H and O–H groups in total. The molecule has 4 heteroatoms. The van der Waals surface area contributed by atoms with Crippen LogP contribution in [0.2, 0.25) is 0 Å². The highest BCUT2D eigenvalue weighted by molar-refractivity contribution is 5.94. The molecule has 0 amide bonds. The maximum Gasteiger partial charge on any atom is 0.173 e. The van der Waals surface area contributed by atoms with E-state index in [-0.39, 0.29) is 11.5 Å². The number of ketones is 1. The second-order valence-electron chi connectivity index (χ2n) is 3.77. The molecule has 0 unspecified atom stereocenters. The first-order chi connectivity index (χ1) is 6.63. The van der Waals surface area contributed by atoms with E-state index in [9.17, 15) is 9.90 Å². The Kier molecular flexibility index (Phi) is 2.33. The summed E-state index contributed by atoms with van der Waals surface area (Å²) in [5, 5.41) is 9.53. The highest BCUT2D eigenvalue weighted by Crippen LogP contribution is 2.38. The van der Waals surface area contributed by atoms with E-state index >= 15 is 0 Å². The predicted octanol–water partition coefficient (Wildman–Crippen LogP) is 1.31. The van der Waals surface area contributed by atoms with Crippen LogP contribution in [0.3, 0.4) is 0 Å². The molecule has 1 saturated heterocycles. The normalized spacial score (nSPS) is 25.8. The zero-order valence-electron chi connectivity index (χ0n) is 8.21. The molecule has 1 heterocycles. The number of carbonyl (C=O) groups is 1. The molecule has 2 rings (SSSR count). The number of hydrogen-bond donors (Lipinski definition) is 1. The zero-order valence-corrected chi connectivity index (χ0v) is 8.21. The van der Waals surface area contributed by atoms with Gasteiger partial charge in [-0.3, -0.25) is 4.79 Å². The van der Waals surface area contributed by atoms with Crippen LogP contribution in [-0.4, -0.2) is 29.9 Å². The van der Waals surface area contributed by atoms with E-state index in [1.165, 1.54) is 6.92 Å². The Morgan fingerprint density at radius 1 is 1.43 bits per heavy atom. The minimum atomic E-state index is -0.632. The molecule has 1 aliphatic carbocycles. The molecule has 14 heavy (non-hydrogen) atoms. The SMILES string of the molecule is CC(=O)C1=C(O)CCC2(C1)OCCO2. The van der Waals surface area contributed by atoms with Crippen LogP contribution in [0.5, 0.6) is 0 Å². The van der Waals surface area contributed by atoms with Gasteiger partial charge in [-0.1, -0.05) is 0 Å². The van der Waals surface area contributed by atoms with Crippen LogP contribution in [0.25, 0.3) is 0 Å². The third-order valence-electron chi connectivity index (χ3n) is 2.78. The van der Waals surface area contributed by atoms with E-state index in [0.29, 0.717) is 38.0 Å². The van der Waals surface area contributed by atoms with Gasteiger partial charge >= 0.3 is 0 Å². The predicted molar refractivity (Wildman–Crippen MR) is 48.8 cm³/mol. The summed E-state index contributed by atoms with van der Waals surface area (Å²) in [6.07, 6.45) is 1.48. The first-order valence-corrected chi connectivity index (χ1v) is 4.83. The molecule has 0 aromatic rings. The molecule has 0 aromatic carbocycles. The number of aliphatic hydroxyl groups is 1. The van der Waals surface area contributed by atoms with Crippen LogP contribution in [0, 0.1) is 0 Å². The lowest BCUT2D eigenvalue weighted by Gasteiger charge is -2.31. The first kappa shape index (κ1) is 9.68. The molecular weight excluding hydrogens is 184 g/mol. The van der Waals surface area contributed by atoms with Crippen LogP contribution in [0.4, 0.5) is 0 Å². The Bertz CT molecular complexity index is 286. The summed E-state index contributed by atoms with van der Waals surface area (Å²) in [6.45, 7) is 2.61. The van der Waals surface area contributed by atoms with Gasteiger partial charge in [0.15, 0.2) is 11.6 Å². The van der Waals surface area contributed by atoms with Crippen LogP contribution in [-0.2, 0) is 14.3 Å². The lowest BCUT2D eigenvalue weighted by Crippen LogP contribution is -2.35. The van der Waals surface area contributed by atoms with E-state index in [1.54, 1.807) is 0 Å². The van der Waals surface area contributed by atoms with Crippen molar-refractivity contribution in [2.24, 2.45) is 0 Å². The van der Waals surface area contributed by atoms with Gasteiger partial charge in [-0.25, -0.2) is 0 Å². The van der Waals surface area contributed by atoms with Crippen molar-refractivity contribution < 1.29 is 19.4 Å². The second-order valence-corrected chi connectivity index (χ2v) is 3.77. The highest BCUT2D eigenvalue weighted by atomic mass is 16.7. The minimum absolute atomic E-state index is 0.0966. The lowest BCUT2D eigenvalue weighted by molar-refractivity contribution is -0.167. The summed E-state index contributed by atoms with van der Waals surface area (Å²) >= 11 is 0. The number of allylic oxidation sites excluding steroid dienone is 1. The van der Waals surface area contributed by atoms with Gasteiger partial charge < -0.3 is 14.6 Å². The van der Waals surface area contributed by atoms with Crippen molar-refractivity contribution in [3.63, 3.8) is 0 Å². The monoisotopic (exact) mass is 198 g/mol. The van der Waals surface area contributed by atoms with Gasteiger partial charge in [0.05, 0.1) is 19.0 Å². The zero-order chi connectivity index (χ0) is 10.2. The van der Waals surface area contributed by atoms with E-state index in [0.717, 1.165) is 0 Å². The lowest BCUT2D eigenvalue weighted by atomic mass is 9.90. The van der Waals surface area contributed by atoms with E-state index in [1.807, 2.05) is 0 Å². The van der Waals surface area contributed by atoms with Crippen molar-refractivity contribution in [1.82, 2.24) is 0 Å². The van der Waals surface area contributed by atoms with Crippen molar-refractivity contribution in [3.8, 4) is 0 Å². The quantitative estimate of drug-likeness (QED) is 0.690. The van der Waals surface area contributed by atoms with Crippen molar-refractivity contribution in [2.75, 3.05) is 13.2 Å². The topological polar surface area (TPSA) is 55.8 Å². The minimum Gasteiger partial charge on any atom is -0.512 e. The van der Waals surface area contributed by atoms with Crippen molar-refractivity contribution in [1.29, 1.82) is 0 Å². The fraction of sp³-hybridized carbons (Fsp3) is 0.700. The van der Waals surface area contributed by atoms with Gasteiger partial charge in [0.25, 0.3) is 0 Å². The first-order valence-electron chi connectivity index (χ1n) is 4.83. The van der Waals surface area contributed by atoms with Crippen LogP contribution < -0.4 is 0 Å². The number of aliphatic hydroxyl groups excluding tert-OH is 1. The van der Waals surface area contributed by atoms with E-state index in [2.05, 4.69) is 0 Å². The van der Waals surface area contributed by atoms with Crippen LogP contribution in [0.15, 0.2) is 11.3 Å². The highest BCUT2D eigenvalue weighted by Gasteiger charge is 2.41. The molecule has 1 aliphatic heterocycles. The maximum absolute atomic E-state index is 11.2. The summed E-state index contributed by atoms with van der Waals surface area (Å²) in [6, 6.07) is 0. The summed E-state index contributed by atoms with van der Waals surface area (Å²) in [7, 11) is 0. The molecule has 2 aliphatic rings. The fourth-order valence-corrected chi connectivity index (χ4v) is 1.99. The summed E-state index contributed by atoms with van der Waals surface area (Å²) in [4.78, 5) is 11.2. The third kappa shape index (κ3) is 1.55. The molecule has 78 valence electrons. The standard InChI is InChI=1S/C10H14O4/c1-7(11)8-6-10(3-2-9(8)12)13-4-5-14-10/h12H,2-6H2,1H3. The molecule has 1 fully saturated rings. The van der Waals surface area contributed by atoms with E-state index < -0.39 is 5.79 Å². The number of Topliss-reactive ketones (excluding diaryl/α,β-unsaturated/α-hetero) is 1. The van der Waals surface area contributed by atoms with Gasteiger partial charge in [-0.15, -0.1) is 0 Å². The molecule has 0 aromatic heterocycles. The van der Waals surface area contributed by atoms with Gasteiger partial charge in [0.1, 0.15) is 0 Å². The van der Waals surface area contributed by atoms with Crippen molar-refractivity contribution >= 4 is 5.78 Å². The Morgan fingerprint density at radius 2 is 2.07 bits per heavy atom. The number of carbonyl (C=O) groups excluding carboxylic acids is 1. The summed E-state index contributed by atoms with van der Waals surface area (Å²) in [5.74, 6) is -0.532. The molecule has 1 spiro atoms. The van der Waals surface area contributed by atoms with Gasteiger partial charge in [0, 0.05) is 24.8 Å². The molecule has 4 nitrogen and oxygen atoms in total. The van der Waals surface area contributed by atoms with Crippen molar-refractivity contribution in [2.45, 2.75) is 32.0 Å². The largest absolute Gasteiger partial charge is 0.512 e. The summed E-state index contributed by atoms with van der Waals surface area (Å²) < 4.78 is 11.0. The molecule has 0 saturated carbocycles. The second kappa shape index (κ2) is 3.37. The Morgan fingerprint density at radius 3 is 2.64 bits per heavy atom. The van der Waals surface area contributed by atoms with Gasteiger partial charge in [0.2, 0.25) is 0 Å². The average Bonchev–Trinajstić information content (AvgIpc) is 2.58. The Labute approximate surface area is 82.5 Å². The van der Waals surface area contributed by atoms with Gasteiger partial charge in [-0.2, -0.15) is 0 Å². The molecule has 0 radical (unpaired) electrons. The smallest absolute Gasteiger partial charge is 0.173 e. The van der Waals surface area contributed by atoms with Crippen molar-refractivity contribution in [3.05, 3.63) is 11.3 Å². The maximum atomic E-state index is 11.2. The third-order valence-corrected chi connectivity index (χ3v) is 2.78. The number of hydrogen-bond acceptors (Lipinski definition) is 4. The summed E-state index contributed by atoms with van der Waals surface area (Å²) in [5.41, 5.74) is 0.457. The Balaban J connectivity index is 2.20. The average molecular weight is 198 g/mol. The molecule has 0 bridgehead atoms.